The van der Waals surface area contributed by atoms with Gasteiger partial charge in [0, 0.05) is 46.1 Å². The number of nitrogens with one attached hydrogen (secondary N) is 4. The Hall–Kier alpha value is -4.69. The number of nitrogens with zero attached hydrogens (tertiary/aromatic N) is 3. The first kappa shape index (κ1) is 29.8. The molecule has 3 aromatic rings. The number of cyclic esters (lactones) is 1. The Morgan fingerprint density at radius 2 is 2.14 bits per heavy atom. The lowest BCUT2D eigenvalue weighted by Crippen LogP contribution is -2.48. The molecule has 0 radical (unpaired) electrons. The zero-order valence-corrected chi connectivity index (χ0v) is 23.6. The molecule has 4 N–H and O–H groups in total. The van der Waals surface area contributed by atoms with Crippen LogP contribution in [0.4, 0.5) is 18.0 Å². The van der Waals surface area contributed by atoms with Crippen LogP contribution in [0.5, 0.6) is 5.75 Å². The number of amidine groups is 1. The number of aromatic nitrogens is 1. The molecule has 1 fully saturated rings. The maximum atomic E-state index is 14.0. The maximum Gasteiger partial charge on any atom is 0.408 e. The largest absolute Gasteiger partial charge is 0.447 e. The minimum atomic E-state index is -2.85. The molecule has 1 amide bonds. The van der Waals surface area contributed by atoms with Crippen molar-refractivity contribution in [3.05, 3.63) is 105 Å². The number of para-hydroxylation sites is 1. The van der Waals surface area contributed by atoms with Gasteiger partial charge < -0.3 is 30.9 Å². The molecule has 2 aliphatic rings. The van der Waals surface area contributed by atoms with Crippen LogP contribution in [-0.2, 0) is 4.74 Å². The van der Waals surface area contributed by atoms with Crippen LogP contribution < -0.4 is 20.8 Å². The molecule has 0 unspecified atom stereocenters. The van der Waals surface area contributed by atoms with E-state index in [4.69, 9.17) is 31.6 Å². The summed E-state index contributed by atoms with van der Waals surface area (Å²) in [5.41, 5.74) is -0.533. The molecule has 0 aliphatic carbocycles. The highest BCUT2D eigenvalue weighted by Crippen LogP contribution is 2.38. The van der Waals surface area contributed by atoms with Gasteiger partial charge in [-0.25, -0.2) is 14.2 Å². The average Bonchev–Trinajstić information content (AvgIpc) is 3.63. The highest BCUT2D eigenvalue weighted by molar-refractivity contribution is 7.11. The van der Waals surface area contributed by atoms with Crippen molar-refractivity contribution in [1.82, 2.24) is 20.9 Å². The fourth-order valence-corrected chi connectivity index (χ4v) is 5.27. The number of hydrogen-bond donors (Lipinski definition) is 4. The molecule has 2 aromatic carbocycles. The van der Waals surface area contributed by atoms with Gasteiger partial charge in [0.1, 0.15) is 24.0 Å². The van der Waals surface area contributed by atoms with E-state index in [9.17, 15) is 18.0 Å². The van der Waals surface area contributed by atoms with E-state index in [0.717, 1.165) is 18.3 Å². The van der Waals surface area contributed by atoms with Crippen LogP contribution >= 0.6 is 22.9 Å². The monoisotopic (exact) mass is 629 g/mol. The third-order valence-corrected chi connectivity index (χ3v) is 7.39. The zero-order chi connectivity index (χ0) is 30.4. The quantitative estimate of drug-likeness (QED) is 0.125. The van der Waals surface area contributed by atoms with E-state index in [1.807, 2.05) is 11.4 Å². The second kappa shape index (κ2) is 13.1. The number of rotatable bonds is 11. The Balaban J connectivity index is 1.61. The third kappa shape index (κ3) is 7.21. The fraction of sp³-hybridized carbons (Fsp3) is 0.179. The average molecular weight is 630 g/mol. The normalized spacial score (nSPS) is 20.3. The molecule has 15 heteroatoms. The number of benzene rings is 2. The molecule has 10 nitrogen and oxygen atoms in total. The van der Waals surface area contributed by atoms with Gasteiger partial charge in [-0.1, -0.05) is 41.0 Å². The molecule has 0 bridgehead atoms. The van der Waals surface area contributed by atoms with Gasteiger partial charge in [0.2, 0.25) is 0 Å². The zero-order valence-electron chi connectivity index (χ0n) is 22.1. The molecular formula is C28H23ClF3N7O3S. The molecule has 0 saturated carbocycles. The van der Waals surface area contributed by atoms with E-state index in [1.165, 1.54) is 29.7 Å². The number of ether oxygens (including phenoxy) is 1. The number of alkyl carbamates (subject to hydrolysis) is 1. The predicted octanol–water partition coefficient (Wildman–Crippen LogP) is 5.56. The first-order valence-corrected chi connectivity index (χ1v) is 13.9. The lowest BCUT2D eigenvalue weighted by molar-refractivity contribution is 0.125. The van der Waals surface area contributed by atoms with Gasteiger partial charge in [0.15, 0.2) is 16.6 Å². The number of thiazole rings is 1. The van der Waals surface area contributed by atoms with Crippen molar-refractivity contribution in [2.24, 2.45) is 10.1 Å². The summed E-state index contributed by atoms with van der Waals surface area (Å²) in [4.78, 5) is 26.8. The van der Waals surface area contributed by atoms with Crippen LogP contribution in [0.2, 0.25) is 5.02 Å². The van der Waals surface area contributed by atoms with Crippen LogP contribution in [-0.4, -0.2) is 47.5 Å². The second-order valence-electron chi connectivity index (χ2n) is 9.29. The van der Waals surface area contributed by atoms with Crippen molar-refractivity contribution >= 4 is 46.8 Å². The van der Waals surface area contributed by atoms with E-state index in [1.54, 1.807) is 35.8 Å². The Morgan fingerprint density at radius 1 is 1.33 bits per heavy atom. The first-order chi connectivity index (χ1) is 20.7. The number of carbonyl (C=O) groups is 1. The number of carbonyl (C=O) groups excluding carboxylic acids is 1. The number of allylic oxidation sites excluding steroid dienone is 1. The Kier molecular flexibility index (Phi) is 9.07. The standard InChI is InChI=1S/C28H23ClF3N7O3S/c29-19-12-16(30)6-7-18(19)23-22(20(33)8-9-35-26(31)32)21(37-24(38-23)25-34-10-11-43-25)13-28(15-41-27(40)39-28)14-36-42-17-4-2-1-3-5-17/h1-12,14,23,26,33,35H,13,15H2,(H,37,38)(H,39,40)/b9-8-,33-20?,36-14+/t23-,28+/m0/s1. The summed E-state index contributed by atoms with van der Waals surface area (Å²) in [5.74, 6) is 0.199. The van der Waals surface area contributed by atoms with Crippen LogP contribution in [0.1, 0.15) is 23.0 Å². The number of halogens is 4. The predicted molar refractivity (Wildman–Crippen MR) is 156 cm³/mol. The van der Waals surface area contributed by atoms with Gasteiger partial charge in [-0.2, -0.15) is 8.78 Å². The summed E-state index contributed by atoms with van der Waals surface area (Å²) in [6, 6.07) is 11.5. The molecule has 43 heavy (non-hydrogen) atoms. The van der Waals surface area contributed by atoms with Gasteiger partial charge in [-0.3, -0.25) is 4.99 Å². The molecule has 1 aromatic heterocycles. The van der Waals surface area contributed by atoms with Gasteiger partial charge in [0.05, 0.1) is 11.9 Å². The van der Waals surface area contributed by atoms with Crippen LogP contribution in [0, 0.1) is 11.2 Å². The van der Waals surface area contributed by atoms with Crippen molar-refractivity contribution in [3.8, 4) is 5.75 Å². The topological polar surface area (TPSA) is 133 Å². The fourth-order valence-electron chi connectivity index (χ4n) is 4.41. The Morgan fingerprint density at radius 3 is 2.81 bits per heavy atom. The molecule has 1 saturated heterocycles. The van der Waals surface area contributed by atoms with E-state index in [2.05, 4.69) is 20.8 Å². The summed E-state index contributed by atoms with van der Waals surface area (Å²) >= 11 is 7.76. The smallest absolute Gasteiger partial charge is 0.408 e. The lowest BCUT2D eigenvalue weighted by Gasteiger charge is -2.32. The molecule has 2 aliphatic heterocycles. The highest BCUT2D eigenvalue weighted by Gasteiger charge is 2.42. The Labute approximate surface area is 252 Å². The van der Waals surface area contributed by atoms with Crippen LogP contribution in [0.15, 0.2) is 93.8 Å². The van der Waals surface area contributed by atoms with E-state index < -0.39 is 30.0 Å². The van der Waals surface area contributed by atoms with E-state index >= 15 is 0 Å². The minimum Gasteiger partial charge on any atom is -0.447 e. The number of oxime groups is 1. The molecule has 2 atom stereocenters. The molecular weight excluding hydrogens is 607 g/mol. The maximum absolute atomic E-state index is 14.0. The molecule has 0 spiro atoms. The van der Waals surface area contributed by atoms with Gasteiger partial charge in [-0.15, -0.1) is 11.3 Å². The third-order valence-electron chi connectivity index (χ3n) is 6.29. The van der Waals surface area contributed by atoms with Crippen LogP contribution in [0.25, 0.3) is 0 Å². The number of aliphatic imine (C=N–C) groups is 1. The number of hydrogen-bond acceptors (Lipinski definition) is 10. The van der Waals surface area contributed by atoms with Crippen molar-refractivity contribution in [2.45, 2.75) is 24.6 Å². The summed E-state index contributed by atoms with van der Waals surface area (Å²) in [6.45, 7) is -3.00. The number of alkyl halides is 2. The van der Waals surface area contributed by atoms with Crippen molar-refractivity contribution in [3.63, 3.8) is 0 Å². The molecule has 222 valence electrons. The van der Waals surface area contributed by atoms with Crippen LogP contribution in [0.3, 0.4) is 0 Å². The SMILES string of the molecule is N=C(/C=C\NC(F)F)C1=C(C[C@@]2(/C=N/Oc3ccccc3)COC(=O)N2)NC(c2nccs2)=N[C@H]1c1ccc(F)cc1Cl. The highest BCUT2D eigenvalue weighted by atomic mass is 35.5. The lowest BCUT2D eigenvalue weighted by atomic mass is 9.86. The molecule has 3 heterocycles. The van der Waals surface area contributed by atoms with E-state index in [0.29, 0.717) is 27.9 Å². The Bertz CT molecular complexity index is 1620. The summed E-state index contributed by atoms with van der Waals surface area (Å²) < 4.78 is 44.9. The van der Waals surface area contributed by atoms with Gasteiger partial charge >= 0.3 is 12.6 Å². The van der Waals surface area contributed by atoms with Gasteiger partial charge in [0.25, 0.3) is 0 Å². The summed E-state index contributed by atoms with van der Waals surface area (Å²) in [5, 5.41) is 23.0. The minimum absolute atomic E-state index is 0.0338. The second-order valence-corrected chi connectivity index (χ2v) is 10.6. The summed E-state index contributed by atoms with van der Waals surface area (Å²) in [7, 11) is 0. The van der Waals surface area contributed by atoms with Crippen molar-refractivity contribution in [2.75, 3.05) is 6.61 Å². The van der Waals surface area contributed by atoms with Crippen molar-refractivity contribution < 1.29 is 27.5 Å². The molecule has 5 rings (SSSR count). The van der Waals surface area contributed by atoms with Gasteiger partial charge in [-0.05, 0) is 30.3 Å². The first-order valence-electron chi connectivity index (χ1n) is 12.7. The van der Waals surface area contributed by atoms with Crippen molar-refractivity contribution in [1.29, 1.82) is 5.41 Å². The summed E-state index contributed by atoms with van der Waals surface area (Å²) in [6.07, 6.45) is 4.31. The number of amides is 1. The van der Waals surface area contributed by atoms with E-state index in [-0.39, 0.29) is 29.3 Å².